The molecular formula is C31H37FN10O4. The molecule has 46 heavy (non-hydrogen) atoms. The van der Waals surface area contributed by atoms with Gasteiger partial charge >= 0.3 is 0 Å². The number of anilines is 2. The van der Waals surface area contributed by atoms with Gasteiger partial charge in [-0.3, -0.25) is 14.6 Å². The molecule has 0 aliphatic carbocycles. The fourth-order valence-corrected chi connectivity index (χ4v) is 5.95. The SMILES string of the molecule is Nc1nc2c(cnn2CCN2CCN(c3ccc(OCC(=O)NCCN4CCOCC4)cc3F)CC2)c2cc(-c3ccco3)nn12. The number of nitrogens with one attached hydrogen (secondary N) is 1. The Morgan fingerprint density at radius 1 is 1.02 bits per heavy atom. The minimum absolute atomic E-state index is 0.159. The zero-order valence-electron chi connectivity index (χ0n) is 25.5. The summed E-state index contributed by atoms with van der Waals surface area (Å²) in [5.41, 5.74) is 8.97. The molecule has 15 heteroatoms. The quantitative estimate of drug-likeness (QED) is 0.220. The second kappa shape index (κ2) is 13.3. The van der Waals surface area contributed by atoms with Crippen LogP contribution >= 0.6 is 0 Å². The van der Waals surface area contributed by atoms with Gasteiger partial charge in [0.2, 0.25) is 5.95 Å². The fraction of sp³-hybridized carbons (Fsp3) is 0.419. The molecule has 6 heterocycles. The van der Waals surface area contributed by atoms with Crippen LogP contribution in [0.15, 0.2) is 53.3 Å². The summed E-state index contributed by atoms with van der Waals surface area (Å²) < 4.78 is 34.9. The van der Waals surface area contributed by atoms with Crippen molar-refractivity contribution in [3.05, 3.63) is 54.7 Å². The average Bonchev–Trinajstić information content (AvgIpc) is 3.84. The lowest BCUT2D eigenvalue weighted by Crippen LogP contribution is -2.47. The van der Waals surface area contributed by atoms with Gasteiger partial charge in [0, 0.05) is 65.0 Å². The molecule has 0 unspecified atom stereocenters. The van der Waals surface area contributed by atoms with Crippen molar-refractivity contribution in [3.63, 3.8) is 0 Å². The zero-order valence-corrected chi connectivity index (χ0v) is 25.5. The molecule has 2 fully saturated rings. The number of amides is 1. The third-order valence-corrected chi connectivity index (χ3v) is 8.49. The van der Waals surface area contributed by atoms with Gasteiger partial charge in [0.25, 0.3) is 5.91 Å². The van der Waals surface area contributed by atoms with Gasteiger partial charge in [-0.05, 0) is 30.3 Å². The Morgan fingerprint density at radius 2 is 1.85 bits per heavy atom. The number of benzene rings is 1. The monoisotopic (exact) mass is 632 g/mol. The summed E-state index contributed by atoms with van der Waals surface area (Å²) in [6, 6.07) is 10.4. The van der Waals surface area contributed by atoms with Crippen LogP contribution in [0.3, 0.4) is 0 Å². The number of morpholine rings is 1. The van der Waals surface area contributed by atoms with Crippen LogP contribution in [0, 0.1) is 5.82 Å². The first-order valence-electron chi connectivity index (χ1n) is 15.5. The van der Waals surface area contributed by atoms with E-state index in [0.29, 0.717) is 54.7 Å². The molecule has 0 atom stereocenters. The summed E-state index contributed by atoms with van der Waals surface area (Å²) in [5, 5.41) is 12.8. The number of halogens is 1. The Balaban J connectivity index is 0.890. The smallest absolute Gasteiger partial charge is 0.257 e. The molecular weight excluding hydrogens is 595 g/mol. The maximum atomic E-state index is 15.1. The van der Waals surface area contributed by atoms with Crippen molar-refractivity contribution in [3.8, 4) is 17.2 Å². The van der Waals surface area contributed by atoms with Crippen molar-refractivity contribution in [2.45, 2.75) is 6.54 Å². The highest BCUT2D eigenvalue weighted by Gasteiger charge is 2.21. The molecule has 2 aliphatic heterocycles. The van der Waals surface area contributed by atoms with E-state index in [2.05, 4.69) is 30.3 Å². The maximum absolute atomic E-state index is 15.1. The van der Waals surface area contributed by atoms with Crippen molar-refractivity contribution < 1.29 is 23.1 Å². The summed E-state index contributed by atoms with van der Waals surface area (Å²) in [6.07, 6.45) is 3.40. The van der Waals surface area contributed by atoms with Crippen LogP contribution in [0.25, 0.3) is 28.0 Å². The molecule has 1 aromatic carbocycles. The Morgan fingerprint density at radius 3 is 2.63 bits per heavy atom. The third-order valence-electron chi connectivity index (χ3n) is 8.49. The number of piperazine rings is 1. The van der Waals surface area contributed by atoms with Crippen molar-refractivity contribution in [2.75, 3.05) is 89.4 Å². The van der Waals surface area contributed by atoms with E-state index in [0.717, 1.165) is 63.4 Å². The second-order valence-electron chi connectivity index (χ2n) is 11.4. The summed E-state index contributed by atoms with van der Waals surface area (Å²) in [7, 11) is 0. The number of aromatic nitrogens is 5. The lowest BCUT2D eigenvalue weighted by molar-refractivity contribution is -0.123. The van der Waals surface area contributed by atoms with Crippen molar-refractivity contribution in [2.24, 2.45) is 0 Å². The van der Waals surface area contributed by atoms with E-state index in [1.165, 1.54) is 6.07 Å². The summed E-state index contributed by atoms with van der Waals surface area (Å²) >= 11 is 0. The van der Waals surface area contributed by atoms with Crippen molar-refractivity contribution in [1.82, 2.24) is 39.5 Å². The van der Waals surface area contributed by atoms with E-state index in [1.54, 1.807) is 29.1 Å². The summed E-state index contributed by atoms with van der Waals surface area (Å²) in [5.74, 6) is 0.658. The highest BCUT2D eigenvalue weighted by atomic mass is 19.1. The van der Waals surface area contributed by atoms with Gasteiger partial charge < -0.3 is 29.8 Å². The molecule has 2 aliphatic rings. The van der Waals surface area contributed by atoms with Gasteiger partial charge in [-0.15, -0.1) is 0 Å². The Kier molecular flexibility index (Phi) is 8.68. The van der Waals surface area contributed by atoms with E-state index >= 15 is 4.39 Å². The number of hydrogen-bond acceptors (Lipinski definition) is 11. The average molecular weight is 633 g/mol. The van der Waals surface area contributed by atoms with Gasteiger partial charge in [0.15, 0.2) is 18.0 Å². The summed E-state index contributed by atoms with van der Waals surface area (Å²) in [4.78, 5) is 23.4. The number of rotatable bonds is 11. The van der Waals surface area contributed by atoms with E-state index in [1.807, 2.05) is 27.8 Å². The number of carbonyl (C=O) groups excluding carboxylic acids is 1. The first-order chi connectivity index (χ1) is 22.5. The highest BCUT2D eigenvalue weighted by Crippen LogP contribution is 2.27. The van der Waals surface area contributed by atoms with E-state index in [9.17, 15) is 4.79 Å². The fourth-order valence-electron chi connectivity index (χ4n) is 5.95. The first-order valence-corrected chi connectivity index (χ1v) is 15.5. The van der Waals surface area contributed by atoms with Crippen LogP contribution in [-0.4, -0.2) is 119 Å². The van der Waals surface area contributed by atoms with Crippen LogP contribution in [0.4, 0.5) is 16.0 Å². The number of fused-ring (bicyclic) bond motifs is 3. The van der Waals surface area contributed by atoms with Crippen molar-refractivity contribution in [1.29, 1.82) is 0 Å². The molecule has 0 saturated carbocycles. The van der Waals surface area contributed by atoms with Crippen molar-refractivity contribution >= 4 is 34.1 Å². The molecule has 7 rings (SSSR count). The Labute approximate surface area is 264 Å². The molecule has 1 amide bonds. The van der Waals surface area contributed by atoms with Gasteiger partial charge in [-0.25, -0.2) is 9.07 Å². The second-order valence-corrected chi connectivity index (χ2v) is 11.4. The molecule has 0 radical (unpaired) electrons. The number of carbonyl (C=O) groups is 1. The number of nitrogens with zero attached hydrogens (tertiary/aromatic N) is 8. The third kappa shape index (κ3) is 6.47. The van der Waals surface area contributed by atoms with Gasteiger partial charge in [0.1, 0.15) is 17.3 Å². The zero-order chi connectivity index (χ0) is 31.5. The van der Waals surface area contributed by atoms with Crippen LogP contribution in [0.1, 0.15) is 0 Å². The number of nitrogen functional groups attached to an aromatic ring is 1. The van der Waals surface area contributed by atoms with Crippen LogP contribution < -0.4 is 20.7 Å². The van der Waals surface area contributed by atoms with Crippen LogP contribution in [0.5, 0.6) is 5.75 Å². The van der Waals surface area contributed by atoms with Gasteiger partial charge in [0.05, 0.1) is 48.8 Å². The topological polar surface area (TPSA) is 144 Å². The van der Waals surface area contributed by atoms with Gasteiger partial charge in [-0.1, -0.05) is 0 Å². The van der Waals surface area contributed by atoms with Crippen LogP contribution in [-0.2, 0) is 16.1 Å². The first kappa shape index (κ1) is 30.0. The molecule has 14 nitrogen and oxygen atoms in total. The predicted molar refractivity (Wildman–Crippen MR) is 169 cm³/mol. The molecule has 0 bridgehead atoms. The van der Waals surface area contributed by atoms with Gasteiger partial charge in [-0.2, -0.15) is 19.7 Å². The minimum atomic E-state index is -0.369. The number of hydrogen-bond donors (Lipinski definition) is 2. The molecule has 3 N–H and O–H groups in total. The Hall–Kier alpha value is -4.73. The number of ether oxygens (including phenoxy) is 2. The molecule has 5 aromatic rings. The summed E-state index contributed by atoms with van der Waals surface area (Å²) in [6.45, 7) is 8.63. The highest BCUT2D eigenvalue weighted by molar-refractivity contribution is 5.93. The predicted octanol–water partition coefficient (Wildman–Crippen LogP) is 1.71. The Bertz CT molecular complexity index is 1790. The standard InChI is InChI=1S/C31H37FN10O4/c32-24-18-22(46-21-29(43)34-5-6-38-13-16-44-17-14-38)3-4-26(24)40-10-7-39(8-11-40)9-12-41-30-23(20-35-41)27-19-25(28-2-1-15-45-28)37-42(27)31(33)36-30/h1-4,15,18-20H,5-14,16-17,21H2,(H2,33,36)(H,34,43). The molecule has 0 spiro atoms. The van der Waals surface area contributed by atoms with Crippen LogP contribution in [0.2, 0.25) is 0 Å². The largest absolute Gasteiger partial charge is 0.484 e. The normalized spacial score (nSPS) is 16.4. The molecule has 242 valence electrons. The lowest BCUT2D eigenvalue weighted by atomic mass is 10.2. The molecule has 2 saturated heterocycles. The number of furan rings is 1. The van der Waals surface area contributed by atoms with E-state index in [-0.39, 0.29) is 24.3 Å². The van der Waals surface area contributed by atoms with E-state index < -0.39 is 0 Å². The molecule has 4 aromatic heterocycles. The number of nitrogens with two attached hydrogens (primary N) is 1. The lowest BCUT2D eigenvalue weighted by Gasteiger charge is -2.36. The maximum Gasteiger partial charge on any atom is 0.257 e. The minimum Gasteiger partial charge on any atom is -0.484 e. The van der Waals surface area contributed by atoms with E-state index in [4.69, 9.17) is 19.6 Å².